The number of aromatic nitrogens is 4. The van der Waals surface area contributed by atoms with Crippen molar-refractivity contribution >= 4 is 16.6 Å². The lowest BCUT2D eigenvalue weighted by atomic mass is 10.0. The fourth-order valence-electron chi connectivity index (χ4n) is 3.32. The van der Waals surface area contributed by atoms with Crippen LogP contribution in [0.25, 0.3) is 10.8 Å². The number of benzene rings is 2. The number of hydrogen-bond donors (Lipinski definition) is 1. The molecule has 0 aliphatic heterocycles. The molecule has 2 aromatic carbocycles. The number of rotatable bonds is 5. The normalized spacial score (nSPS) is 12.1. The second-order valence-corrected chi connectivity index (χ2v) is 6.40. The number of nitrogens with zero attached hydrogens (tertiary/aromatic N) is 4. The summed E-state index contributed by atoms with van der Waals surface area (Å²) in [5.41, 5.74) is 1.89. The first-order chi connectivity index (χ1) is 13.2. The lowest BCUT2D eigenvalue weighted by Gasteiger charge is -2.22. The van der Waals surface area contributed by atoms with Gasteiger partial charge < -0.3 is 14.6 Å². The van der Waals surface area contributed by atoms with Crippen LogP contribution >= 0.6 is 0 Å². The van der Waals surface area contributed by atoms with Gasteiger partial charge in [0.15, 0.2) is 5.82 Å². The van der Waals surface area contributed by atoms with E-state index in [0.29, 0.717) is 0 Å². The topological polar surface area (TPSA) is 64.9 Å². The number of nitrogens with one attached hydrogen (secondary N) is 1. The van der Waals surface area contributed by atoms with E-state index in [1.54, 1.807) is 13.3 Å². The van der Waals surface area contributed by atoms with Crippen LogP contribution in [0.5, 0.6) is 5.75 Å². The molecule has 1 N–H and O–H groups in total. The Balaban J connectivity index is 1.86. The molecule has 27 heavy (non-hydrogen) atoms. The van der Waals surface area contributed by atoms with Gasteiger partial charge in [0.2, 0.25) is 0 Å². The average Bonchev–Trinajstić information content (AvgIpc) is 3.13. The zero-order valence-electron chi connectivity index (χ0n) is 15.5. The van der Waals surface area contributed by atoms with Gasteiger partial charge in [-0.05, 0) is 13.0 Å². The Morgan fingerprint density at radius 3 is 2.48 bits per heavy atom. The number of hydrogen-bond acceptors (Lipinski definition) is 5. The Hall–Kier alpha value is -3.41. The van der Waals surface area contributed by atoms with Crippen LogP contribution in [0.15, 0.2) is 60.9 Å². The summed E-state index contributed by atoms with van der Waals surface area (Å²) in [7, 11) is 3.65. The van der Waals surface area contributed by atoms with E-state index in [9.17, 15) is 0 Å². The molecule has 0 radical (unpaired) electrons. The van der Waals surface area contributed by atoms with Crippen LogP contribution in [0, 0.1) is 6.92 Å². The number of imidazole rings is 1. The van der Waals surface area contributed by atoms with Gasteiger partial charge in [-0.3, -0.25) is 0 Å². The summed E-state index contributed by atoms with van der Waals surface area (Å²) in [4.78, 5) is 4.56. The van der Waals surface area contributed by atoms with Crippen molar-refractivity contribution in [2.75, 3.05) is 12.4 Å². The van der Waals surface area contributed by atoms with Gasteiger partial charge in [0, 0.05) is 35.8 Å². The molecule has 0 amide bonds. The highest BCUT2D eigenvalue weighted by atomic mass is 16.5. The zero-order chi connectivity index (χ0) is 18.8. The second-order valence-electron chi connectivity index (χ2n) is 6.40. The van der Waals surface area contributed by atoms with Crippen molar-refractivity contribution in [3.63, 3.8) is 0 Å². The molecule has 0 aliphatic carbocycles. The summed E-state index contributed by atoms with van der Waals surface area (Å²) in [5.74, 6) is 2.38. The van der Waals surface area contributed by atoms with Crippen molar-refractivity contribution in [3.05, 3.63) is 78.0 Å². The van der Waals surface area contributed by atoms with Crippen molar-refractivity contribution < 1.29 is 4.74 Å². The highest BCUT2D eigenvalue weighted by Crippen LogP contribution is 2.33. The van der Waals surface area contributed by atoms with Crippen LogP contribution in [0.4, 0.5) is 5.82 Å². The Morgan fingerprint density at radius 1 is 1.00 bits per heavy atom. The molecule has 0 bridgehead atoms. The lowest BCUT2D eigenvalue weighted by molar-refractivity contribution is 0.408. The highest BCUT2D eigenvalue weighted by Gasteiger charge is 2.23. The first-order valence-electron chi connectivity index (χ1n) is 8.77. The van der Waals surface area contributed by atoms with Crippen LogP contribution in [-0.2, 0) is 7.05 Å². The summed E-state index contributed by atoms with van der Waals surface area (Å²) < 4.78 is 7.59. The lowest BCUT2D eigenvalue weighted by Crippen LogP contribution is -2.18. The number of fused-ring (bicyclic) bond motifs is 1. The number of ether oxygens (including phenoxy) is 1. The summed E-state index contributed by atoms with van der Waals surface area (Å²) in [6.07, 6.45) is 3.72. The first-order valence-corrected chi connectivity index (χ1v) is 8.77. The summed E-state index contributed by atoms with van der Waals surface area (Å²) in [6.45, 7) is 1.97. The zero-order valence-corrected chi connectivity index (χ0v) is 15.5. The SMILES string of the molecule is COc1ccccc1C(Nc1nnc(C)c2ccccc12)c1nccn1C. The largest absolute Gasteiger partial charge is 0.496 e. The fourth-order valence-corrected chi connectivity index (χ4v) is 3.32. The molecule has 0 fully saturated rings. The number of para-hydroxylation sites is 1. The minimum absolute atomic E-state index is 0.235. The molecule has 2 aromatic heterocycles. The molecule has 2 heterocycles. The van der Waals surface area contributed by atoms with E-state index in [4.69, 9.17) is 4.74 Å². The molecule has 4 rings (SSSR count). The van der Waals surface area contributed by atoms with Crippen LogP contribution in [0.2, 0.25) is 0 Å². The van der Waals surface area contributed by atoms with Crippen molar-refractivity contribution in [3.8, 4) is 5.75 Å². The molecule has 0 saturated heterocycles. The minimum atomic E-state index is -0.235. The third-order valence-electron chi connectivity index (χ3n) is 4.72. The van der Waals surface area contributed by atoms with Gasteiger partial charge in [0.25, 0.3) is 0 Å². The Morgan fingerprint density at radius 2 is 1.74 bits per heavy atom. The maximum atomic E-state index is 5.60. The monoisotopic (exact) mass is 359 g/mol. The number of aryl methyl sites for hydroxylation is 2. The molecule has 1 atom stereocenters. The van der Waals surface area contributed by atoms with Crippen LogP contribution in [0.1, 0.15) is 23.1 Å². The number of anilines is 1. The maximum Gasteiger partial charge on any atom is 0.157 e. The molecular weight excluding hydrogens is 338 g/mol. The van der Waals surface area contributed by atoms with Gasteiger partial charge in [0.05, 0.1) is 12.8 Å². The molecule has 0 aliphatic rings. The number of methoxy groups -OCH3 is 1. The van der Waals surface area contributed by atoms with Gasteiger partial charge in [-0.25, -0.2) is 4.98 Å². The average molecular weight is 359 g/mol. The molecule has 6 heteroatoms. The van der Waals surface area contributed by atoms with Crippen LogP contribution in [-0.4, -0.2) is 26.9 Å². The first kappa shape index (κ1) is 17.0. The molecular formula is C21H21N5O. The molecule has 136 valence electrons. The third-order valence-corrected chi connectivity index (χ3v) is 4.72. The van der Waals surface area contributed by atoms with Crippen molar-refractivity contribution in [1.82, 2.24) is 19.7 Å². The van der Waals surface area contributed by atoms with E-state index < -0.39 is 0 Å². The molecule has 0 saturated carbocycles. The van der Waals surface area contributed by atoms with Gasteiger partial charge in [-0.1, -0.05) is 42.5 Å². The van der Waals surface area contributed by atoms with Crippen LogP contribution < -0.4 is 10.1 Å². The van der Waals surface area contributed by atoms with E-state index >= 15 is 0 Å². The summed E-state index contributed by atoms with van der Waals surface area (Å²) in [6, 6.07) is 15.8. The second kappa shape index (κ2) is 7.07. The Kier molecular flexibility index (Phi) is 4.46. The molecule has 0 spiro atoms. The fraction of sp³-hybridized carbons (Fsp3) is 0.190. The molecule has 1 unspecified atom stereocenters. The summed E-state index contributed by atoms with van der Waals surface area (Å²) in [5, 5.41) is 14.4. The highest BCUT2D eigenvalue weighted by molar-refractivity contribution is 5.93. The van der Waals surface area contributed by atoms with Gasteiger partial charge >= 0.3 is 0 Å². The van der Waals surface area contributed by atoms with Gasteiger partial charge in [-0.2, -0.15) is 5.10 Å². The van der Waals surface area contributed by atoms with Crippen molar-refractivity contribution in [1.29, 1.82) is 0 Å². The minimum Gasteiger partial charge on any atom is -0.496 e. The molecule has 4 aromatic rings. The quantitative estimate of drug-likeness (QED) is 0.586. The molecule has 6 nitrogen and oxygen atoms in total. The Labute approximate surface area is 157 Å². The van der Waals surface area contributed by atoms with Crippen molar-refractivity contribution in [2.24, 2.45) is 7.05 Å². The smallest absolute Gasteiger partial charge is 0.157 e. The van der Waals surface area contributed by atoms with E-state index in [-0.39, 0.29) is 6.04 Å². The standard InChI is InChI=1S/C21H21N5O/c1-14-15-8-4-5-9-16(15)20(25-24-14)23-19(21-22-12-13-26(21)2)17-10-6-7-11-18(17)27-3/h4-13,19H,1-3H3,(H,23,25). The summed E-state index contributed by atoms with van der Waals surface area (Å²) >= 11 is 0. The van der Waals surface area contributed by atoms with Gasteiger partial charge in [-0.15, -0.1) is 5.10 Å². The van der Waals surface area contributed by atoms with E-state index in [1.165, 1.54) is 0 Å². The predicted octanol–water partition coefficient (Wildman–Crippen LogP) is 3.88. The van der Waals surface area contributed by atoms with E-state index in [1.807, 2.05) is 61.1 Å². The van der Waals surface area contributed by atoms with E-state index in [0.717, 1.165) is 39.4 Å². The maximum absolute atomic E-state index is 5.60. The Bertz CT molecular complexity index is 1090. The third kappa shape index (κ3) is 3.10. The van der Waals surface area contributed by atoms with Gasteiger partial charge in [0.1, 0.15) is 17.6 Å². The van der Waals surface area contributed by atoms with Crippen LogP contribution in [0.3, 0.4) is 0 Å². The van der Waals surface area contributed by atoms with E-state index in [2.05, 4.69) is 32.6 Å². The van der Waals surface area contributed by atoms with Crippen molar-refractivity contribution in [2.45, 2.75) is 13.0 Å². The predicted molar refractivity (Wildman–Crippen MR) is 106 cm³/mol.